The maximum Gasteiger partial charge on any atom is 0.324 e. The van der Waals surface area contributed by atoms with Gasteiger partial charge in [-0.1, -0.05) is 66.7 Å². The number of aryl methyl sites for hydroxylation is 2. The number of likely N-dealkylation sites (tertiary alicyclic amines) is 1. The van der Waals surface area contributed by atoms with Crippen LogP contribution < -0.4 is 27.3 Å². The number of hydrogen-bond acceptors (Lipinski definition) is 6. The third-order valence-electron chi connectivity index (χ3n) is 8.14. The number of benzene rings is 2. The highest BCUT2D eigenvalue weighted by Crippen LogP contribution is 2.28. The van der Waals surface area contributed by atoms with E-state index in [4.69, 9.17) is 15.6 Å². The highest BCUT2D eigenvalue weighted by Gasteiger charge is 2.33. The molecule has 2 aromatic carbocycles. The van der Waals surface area contributed by atoms with Gasteiger partial charge in [-0.25, -0.2) is 0 Å². The fourth-order valence-electron chi connectivity index (χ4n) is 5.77. The van der Waals surface area contributed by atoms with E-state index in [0.29, 0.717) is 6.54 Å². The summed E-state index contributed by atoms with van der Waals surface area (Å²) >= 11 is 0. The Balaban J connectivity index is 0.000000241. The van der Waals surface area contributed by atoms with Crippen LogP contribution in [0.1, 0.15) is 53.2 Å². The Hall–Kier alpha value is -3.56. The number of nitrogens with zero attached hydrogens (tertiary/aromatic N) is 1. The normalized spacial score (nSPS) is 17.0. The van der Waals surface area contributed by atoms with E-state index in [2.05, 4.69) is 40.3 Å². The average molecular weight is 560 g/mol. The highest BCUT2D eigenvalue weighted by atomic mass is 16.3. The van der Waals surface area contributed by atoms with Crippen LogP contribution in [0.25, 0.3) is 5.70 Å². The molecule has 3 aliphatic rings. The van der Waals surface area contributed by atoms with Gasteiger partial charge in [-0.05, 0) is 55.5 Å². The summed E-state index contributed by atoms with van der Waals surface area (Å²) in [4.78, 5) is 34.4. The zero-order valence-corrected chi connectivity index (χ0v) is 24.2. The predicted octanol–water partition coefficient (Wildman–Crippen LogP) is 0.505. The molecule has 3 heterocycles. The van der Waals surface area contributed by atoms with Gasteiger partial charge in [0.1, 0.15) is 6.04 Å². The fourth-order valence-corrected chi connectivity index (χ4v) is 5.77. The number of amides is 2. The number of hydrogen-bond donors (Lipinski definition) is 5. The van der Waals surface area contributed by atoms with Crippen LogP contribution in [-0.2, 0) is 22.4 Å². The van der Waals surface area contributed by atoms with Crippen molar-refractivity contribution in [2.75, 3.05) is 20.1 Å². The molecule has 5 rings (SSSR count). The van der Waals surface area contributed by atoms with E-state index in [1.165, 1.54) is 29.3 Å². The Morgan fingerprint density at radius 3 is 2.61 bits per heavy atom. The Kier molecular flexibility index (Phi) is 12.0. The van der Waals surface area contributed by atoms with Crippen molar-refractivity contribution in [3.63, 3.8) is 0 Å². The van der Waals surface area contributed by atoms with Crippen molar-refractivity contribution in [2.45, 2.75) is 63.8 Å². The lowest BCUT2D eigenvalue weighted by Crippen LogP contribution is -2.48. The molecule has 1 saturated heterocycles. The lowest BCUT2D eigenvalue weighted by atomic mass is 9.63. The minimum atomic E-state index is -0.379. The Morgan fingerprint density at radius 1 is 1.22 bits per heavy atom. The van der Waals surface area contributed by atoms with Gasteiger partial charge < -0.3 is 31.4 Å². The van der Waals surface area contributed by atoms with E-state index in [0.717, 1.165) is 68.1 Å². The van der Waals surface area contributed by atoms with Gasteiger partial charge in [0.2, 0.25) is 5.91 Å². The monoisotopic (exact) mass is 560 g/mol. The second-order valence-electron chi connectivity index (χ2n) is 10.6. The minimum absolute atomic E-state index is 0.00898. The fraction of sp³-hybridized carbons (Fsp3) is 0.433. The van der Waals surface area contributed by atoms with Crippen LogP contribution in [0.2, 0.25) is 12.6 Å². The summed E-state index contributed by atoms with van der Waals surface area (Å²) in [7, 11) is 2.79. The molecular formula is C30H42B2N4O5. The molecule has 1 fully saturated rings. The summed E-state index contributed by atoms with van der Waals surface area (Å²) in [5.41, 5.74) is 13.3. The number of nitrogens with one attached hydrogen (secondary N) is 2. The molecule has 9 nitrogen and oxygen atoms in total. The summed E-state index contributed by atoms with van der Waals surface area (Å²) in [6.07, 6.45) is 6.75. The van der Waals surface area contributed by atoms with E-state index in [9.17, 15) is 14.6 Å². The quantitative estimate of drug-likeness (QED) is 0.245. The number of carbonyl (C=O) groups is 3. The van der Waals surface area contributed by atoms with Crippen LogP contribution in [0.3, 0.4) is 0 Å². The molecule has 3 aliphatic heterocycles. The molecule has 0 aliphatic carbocycles. The summed E-state index contributed by atoms with van der Waals surface area (Å²) in [5.74, 6) is 0.0480. The molecule has 2 amide bonds. The summed E-state index contributed by atoms with van der Waals surface area (Å²) < 4.78 is 0. The van der Waals surface area contributed by atoms with Crippen LogP contribution in [0.15, 0.2) is 43.0 Å². The van der Waals surface area contributed by atoms with Crippen molar-refractivity contribution >= 4 is 49.1 Å². The molecule has 11 heteroatoms. The molecule has 2 unspecified atom stereocenters. The van der Waals surface area contributed by atoms with Crippen LogP contribution in [0.5, 0.6) is 0 Å². The van der Waals surface area contributed by atoms with Crippen molar-refractivity contribution in [1.29, 1.82) is 0 Å². The van der Waals surface area contributed by atoms with Crippen LogP contribution >= 0.6 is 0 Å². The topological polar surface area (TPSA) is 145 Å². The lowest BCUT2D eigenvalue weighted by Gasteiger charge is -2.29. The smallest absolute Gasteiger partial charge is 0.324 e. The maximum absolute atomic E-state index is 12.7. The zero-order valence-electron chi connectivity index (χ0n) is 24.2. The second-order valence-corrected chi connectivity index (χ2v) is 10.6. The predicted molar refractivity (Wildman–Crippen MR) is 166 cm³/mol. The molecule has 2 atom stereocenters. The Labute approximate surface area is 243 Å². The van der Waals surface area contributed by atoms with Crippen molar-refractivity contribution in [2.24, 2.45) is 5.73 Å². The second kappa shape index (κ2) is 15.4. The number of nitrogens with two attached hydrogens (primary N) is 1. The first-order chi connectivity index (χ1) is 19.8. The van der Waals surface area contributed by atoms with Gasteiger partial charge in [0.15, 0.2) is 7.28 Å². The van der Waals surface area contributed by atoms with Crippen molar-refractivity contribution < 1.29 is 24.5 Å². The van der Waals surface area contributed by atoms with Gasteiger partial charge in [-0.15, -0.1) is 0 Å². The van der Waals surface area contributed by atoms with Gasteiger partial charge in [-0.3, -0.25) is 14.4 Å². The van der Waals surface area contributed by atoms with Gasteiger partial charge in [0.05, 0.1) is 0 Å². The molecule has 0 bridgehead atoms. The van der Waals surface area contributed by atoms with E-state index in [1.807, 2.05) is 25.1 Å². The third-order valence-corrected chi connectivity index (χ3v) is 8.14. The number of rotatable bonds is 7. The zero-order chi connectivity index (χ0) is 29.9. The number of carboxylic acid groups (broad SMARTS) is 1. The molecule has 41 heavy (non-hydrogen) atoms. The van der Waals surface area contributed by atoms with E-state index < -0.39 is 0 Å². The van der Waals surface area contributed by atoms with Gasteiger partial charge >= 0.3 is 6.92 Å². The Bertz CT molecular complexity index is 1240. The standard InChI is InChI=1S/C19H28BN3O2.C10H12BNO.CH2O2/c1-3-16(12-21)22-19(24)18-5-4-10-23(18)13(2)15-7-6-14-8-9-20(25)17(14)11-15;1-12-10(13)8-3-2-7-4-5-11-9(7)6-8;2-1-3/h6-7,11,16,18,25H,2-5,8-10,12,21H2,1H3,(H,22,24);2-3,6,11H,4-5H2,1H3,(H,12,13);1H,(H,2,3). The first-order valence-electron chi connectivity index (χ1n) is 14.5. The third kappa shape index (κ3) is 8.01. The average Bonchev–Trinajstić information content (AvgIpc) is 3.75. The first-order valence-corrected chi connectivity index (χ1v) is 14.5. The molecular weight excluding hydrogens is 518 g/mol. The molecule has 0 spiro atoms. The van der Waals surface area contributed by atoms with Gasteiger partial charge in [-0.2, -0.15) is 0 Å². The first kappa shape index (κ1) is 32.0. The molecule has 0 saturated carbocycles. The summed E-state index contributed by atoms with van der Waals surface area (Å²) in [6.45, 7) is 6.93. The van der Waals surface area contributed by atoms with Gasteiger partial charge in [0, 0.05) is 37.4 Å². The van der Waals surface area contributed by atoms with Gasteiger partial charge in [0.25, 0.3) is 12.4 Å². The maximum atomic E-state index is 12.7. The molecule has 218 valence electrons. The van der Waals surface area contributed by atoms with E-state index >= 15 is 0 Å². The van der Waals surface area contributed by atoms with E-state index in [-0.39, 0.29) is 37.3 Å². The largest absolute Gasteiger partial charge is 0.483 e. The SMILES string of the molecule is C=C(c1ccc2c(c1)B(O)CC2)N1CCCC1C(=O)NC(CC)CN.CNC(=O)c1ccc2c(c1)BCC2.O=CO. The summed E-state index contributed by atoms with van der Waals surface area (Å²) in [6, 6.07) is 12.0. The molecule has 6 N–H and O–H groups in total. The van der Waals surface area contributed by atoms with Crippen molar-refractivity contribution in [3.8, 4) is 0 Å². The molecule has 2 aromatic rings. The van der Waals surface area contributed by atoms with Crippen molar-refractivity contribution in [1.82, 2.24) is 15.5 Å². The number of fused-ring (bicyclic) bond motifs is 2. The van der Waals surface area contributed by atoms with Crippen LogP contribution in [-0.4, -0.2) is 79.7 Å². The highest BCUT2D eigenvalue weighted by molar-refractivity contribution is 6.68. The minimum Gasteiger partial charge on any atom is -0.483 e. The van der Waals surface area contributed by atoms with E-state index in [1.54, 1.807) is 7.05 Å². The van der Waals surface area contributed by atoms with Crippen LogP contribution in [0.4, 0.5) is 0 Å². The lowest BCUT2D eigenvalue weighted by molar-refractivity contribution is -0.125. The molecule has 0 aromatic heterocycles. The Morgan fingerprint density at radius 2 is 1.93 bits per heavy atom. The molecule has 0 radical (unpaired) electrons. The van der Waals surface area contributed by atoms with Crippen LogP contribution in [0, 0.1) is 0 Å². The summed E-state index contributed by atoms with van der Waals surface area (Å²) in [5, 5.41) is 22.7. The van der Waals surface area contributed by atoms with Crippen molar-refractivity contribution in [3.05, 3.63) is 65.2 Å². The number of carbonyl (C=O) groups excluding carboxylic acids is 2.